The van der Waals surface area contributed by atoms with Gasteiger partial charge < -0.3 is 5.32 Å². The summed E-state index contributed by atoms with van der Waals surface area (Å²) in [6.45, 7) is 0. The van der Waals surface area contributed by atoms with Crippen molar-refractivity contribution in [3.8, 4) is 0 Å². The molecule has 3 rings (SSSR count). The standard InChI is InChI=1S/C18H16N4OS/c23-17(13-24-18-12-19-22-21-18)20-16-10-8-15(9-11-16)7-6-14-4-2-1-3-5-14/h1-12H,13H2,(H,20,23)(H,19,21,22)/b7-6+. The first-order chi connectivity index (χ1) is 11.8. The second-order valence-corrected chi connectivity index (χ2v) is 6.01. The van der Waals surface area contributed by atoms with Gasteiger partial charge >= 0.3 is 0 Å². The summed E-state index contributed by atoms with van der Waals surface area (Å²) in [6.07, 6.45) is 5.69. The van der Waals surface area contributed by atoms with E-state index in [0.29, 0.717) is 10.8 Å². The highest BCUT2D eigenvalue weighted by atomic mass is 32.2. The minimum atomic E-state index is -0.0735. The quantitative estimate of drug-likeness (QED) is 0.532. The van der Waals surface area contributed by atoms with Crippen molar-refractivity contribution in [2.45, 2.75) is 5.03 Å². The molecule has 5 nitrogen and oxygen atoms in total. The maximum absolute atomic E-state index is 11.9. The molecule has 1 heterocycles. The van der Waals surface area contributed by atoms with Crippen LogP contribution in [0.25, 0.3) is 12.2 Å². The van der Waals surface area contributed by atoms with Crippen LogP contribution in [-0.4, -0.2) is 27.1 Å². The third-order valence-electron chi connectivity index (χ3n) is 3.21. The highest BCUT2D eigenvalue weighted by Crippen LogP contribution is 2.15. The first kappa shape index (κ1) is 16.0. The smallest absolute Gasteiger partial charge is 0.234 e. The number of rotatable bonds is 6. The van der Waals surface area contributed by atoms with E-state index in [1.54, 1.807) is 6.20 Å². The lowest BCUT2D eigenvalue weighted by molar-refractivity contribution is -0.113. The number of nitrogens with zero attached hydrogens (tertiary/aromatic N) is 2. The summed E-state index contributed by atoms with van der Waals surface area (Å²) in [6, 6.07) is 17.8. The Kier molecular flexibility index (Phi) is 5.42. The Balaban J connectivity index is 1.52. The maximum atomic E-state index is 11.9. The lowest BCUT2D eigenvalue weighted by atomic mass is 10.1. The minimum absolute atomic E-state index is 0.0735. The lowest BCUT2D eigenvalue weighted by Gasteiger charge is -2.04. The number of hydrogen-bond acceptors (Lipinski definition) is 4. The third-order valence-corrected chi connectivity index (χ3v) is 4.11. The molecule has 0 saturated heterocycles. The van der Waals surface area contributed by atoms with Crippen LogP contribution in [-0.2, 0) is 4.79 Å². The first-order valence-corrected chi connectivity index (χ1v) is 8.40. The maximum Gasteiger partial charge on any atom is 0.234 e. The van der Waals surface area contributed by atoms with Crippen molar-refractivity contribution in [3.63, 3.8) is 0 Å². The van der Waals surface area contributed by atoms with Gasteiger partial charge in [0.2, 0.25) is 5.91 Å². The van der Waals surface area contributed by atoms with Crippen molar-refractivity contribution in [3.05, 3.63) is 71.9 Å². The average molecular weight is 336 g/mol. The van der Waals surface area contributed by atoms with Crippen LogP contribution in [0, 0.1) is 0 Å². The average Bonchev–Trinajstić information content (AvgIpc) is 3.14. The normalized spacial score (nSPS) is 10.8. The zero-order chi connectivity index (χ0) is 16.6. The molecule has 0 bridgehead atoms. The van der Waals surface area contributed by atoms with Crippen LogP contribution >= 0.6 is 11.8 Å². The molecule has 0 atom stereocenters. The van der Waals surface area contributed by atoms with Crippen molar-refractivity contribution in [1.82, 2.24) is 15.4 Å². The Morgan fingerprint density at radius 1 is 1.04 bits per heavy atom. The molecule has 0 spiro atoms. The predicted molar refractivity (Wildman–Crippen MR) is 97.5 cm³/mol. The van der Waals surface area contributed by atoms with Gasteiger partial charge in [0.05, 0.1) is 11.9 Å². The topological polar surface area (TPSA) is 70.7 Å². The fourth-order valence-corrected chi connectivity index (χ4v) is 2.62. The molecule has 0 fully saturated rings. The Bertz CT molecular complexity index is 799. The molecule has 2 N–H and O–H groups in total. The van der Waals surface area contributed by atoms with Crippen LogP contribution in [0.3, 0.4) is 0 Å². The molecule has 120 valence electrons. The number of hydrogen-bond donors (Lipinski definition) is 2. The summed E-state index contributed by atoms with van der Waals surface area (Å²) in [5.74, 6) is 0.220. The van der Waals surface area contributed by atoms with Crippen molar-refractivity contribution >= 4 is 35.5 Å². The number of nitrogens with one attached hydrogen (secondary N) is 2. The van der Waals surface area contributed by atoms with Gasteiger partial charge in [0.1, 0.15) is 5.03 Å². The number of H-pyrrole nitrogens is 1. The van der Waals surface area contributed by atoms with Gasteiger partial charge in [-0.1, -0.05) is 66.4 Å². The van der Waals surface area contributed by atoms with Crippen LogP contribution in [0.5, 0.6) is 0 Å². The van der Waals surface area contributed by atoms with Gasteiger partial charge in [0.25, 0.3) is 0 Å². The van der Waals surface area contributed by atoms with E-state index in [2.05, 4.69) is 38.9 Å². The Morgan fingerprint density at radius 3 is 2.42 bits per heavy atom. The van der Waals surface area contributed by atoms with Crippen LogP contribution in [0.15, 0.2) is 65.8 Å². The summed E-state index contributed by atoms with van der Waals surface area (Å²) in [7, 11) is 0. The number of benzene rings is 2. The molecule has 24 heavy (non-hydrogen) atoms. The number of amides is 1. The SMILES string of the molecule is O=C(CSc1cn[nH]n1)Nc1ccc(/C=C/c2ccccc2)cc1. The van der Waals surface area contributed by atoms with Gasteiger partial charge in [-0.05, 0) is 23.3 Å². The zero-order valence-corrected chi connectivity index (χ0v) is 13.7. The molecule has 0 aliphatic heterocycles. The molecule has 2 aromatic carbocycles. The molecule has 1 amide bonds. The van der Waals surface area contributed by atoms with E-state index in [1.165, 1.54) is 11.8 Å². The fourth-order valence-electron chi connectivity index (χ4n) is 2.03. The van der Waals surface area contributed by atoms with E-state index >= 15 is 0 Å². The van der Waals surface area contributed by atoms with E-state index in [4.69, 9.17) is 0 Å². The van der Waals surface area contributed by atoms with Crippen molar-refractivity contribution in [2.75, 3.05) is 11.1 Å². The Hall–Kier alpha value is -2.86. The van der Waals surface area contributed by atoms with Crippen molar-refractivity contribution < 1.29 is 4.79 Å². The van der Waals surface area contributed by atoms with Gasteiger partial charge in [0, 0.05) is 5.69 Å². The summed E-state index contributed by atoms with van der Waals surface area (Å²) in [5.41, 5.74) is 3.01. The fraction of sp³-hybridized carbons (Fsp3) is 0.0556. The molecule has 0 radical (unpaired) electrons. The number of aromatic amines is 1. The van der Waals surface area contributed by atoms with E-state index in [1.807, 2.05) is 48.5 Å². The highest BCUT2D eigenvalue weighted by Gasteiger charge is 2.05. The Morgan fingerprint density at radius 2 is 1.75 bits per heavy atom. The number of anilines is 1. The second-order valence-electron chi connectivity index (χ2n) is 5.01. The van der Waals surface area contributed by atoms with Gasteiger partial charge in [-0.25, -0.2) is 0 Å². The van der Waals surface area contributed by atoms with E-state index in [9.17, 15) is 4.79 Å². The summed E-state index contributed by atoms with van der Waals surface area (Å²) >= 11 is 1.34. The van der Waals surface area contributed by atoms with E-state index in [-0.39, 0.29) is 5.91 Å². The van der Waals surface area contributed by atoms with Gasteiger partial charge in [-0.15, -0.1) is 5.10 Å². The summed E-state index contributed by atoms with van der Waals surface area (Å²) in [4.78, 5) is 11.9. The molecule has 0 unspecified atom stereocenters. The van der Waals surface area contributed by atoms with Crippen molar-refractivity contribution in [1.29, 1.82) is 0 Å². The number of carbonyl (C=O) groups excluding carboxylic acids is 1. The number of carbonyl (C=O) groups is 1. The summed E-state index contributed by atoms with van der Waals surface area (Å²) in [5, 5.41) is 13.7. The van der Waals surface area contributed by atoms with Crippen LogP contribution in [0.2, 0.25) is 0 Å². The summed E-state index contributed by atoms with van der Waals surface area (Å²) < 4.78 is 0. The molecular formula is C18H16N4OS. The number of thioether (sulfide) groups is 1. The molecule has 1 aromatic heterocycles. The Labute approximate surface area is 144 Å². The van der Waals surface area contributed by atoms with Crippen LogP contribution < -0.4 is 5.32 Å². The van der Waals surface area contributed by atoms with E-state index in [0.717, 1.165) is 16.8 Å². The lowest BCUT2D eigenvalue weighted by Crippen LogP contribution is -2.13. The molecular weight excluding hydrogens is 320 g/mol. The molecule has 0 aliphatic rings. The zero-order valence-electron chi connectivity index (χ0n) is 12.8. The first-order valence-electron chi connectivity index (χ1n) is 7.41. The minimum Gasteiger partial charge on any atom is -0.325 e. The molecule has 3 aromatic rings. The monoisotopic (exact) mass is 336 g/mol. The predicted octanol–water partition coefficient (Wildman–Crippen LogP) is 3.71. The van der Waals surface area contributed by atoms with Gasteiger partial charge in [-0.2, -0.15) is 10.3 Å². The molecule has 6 heteroatoms. The molecule has 0 saturated carbocycles. The van der Waals surface area contributed by atoms with Crippen molar-refractivity contribution in [2.24, 2.45) is 0 Å². The van der Waals surface area contributed by atoms with E-state index < -0.39 is 0 Å². The molecule has 0 aliphatic carbocycles. The second kappa shape index (κ2) is 8.12. The van der Waals surface area contributed by atoms with Gasteiger partial charge in [0.15, 0.2) is 0 Å². The van der Waals surface area contributed by atoms with Crippen LogP contribution in [0.4, 0.5) is 5.69 Å². The highest BCUT2D eigenvalue weighted by molar-refractivity contribution is 7.99. The third kappa shape index (κ3) is 4.82. The largest absolute Gasteiger partial charge is 0.325 e. The van der Waals surface area contributed by atoms with Crippen LogP contribution in [0.1, 0.15) is 11.1 Å². The van der Waals surface area contributed by atoms with Gasteiger partial charge in [-0.3, -0.25) is 4.79 Å². The number of aromatic nitrogens is 3.